The second kappa shape index (κ2) is 9.93. The van der Waals surface area contributed by atoms with Crippen LogP contribution in [0.15, 0.2) is 41.4 Å². The molecule has 0 atom stereocenters. The summed E-state index contributed by atoms with van der Waals surface area (Å²) in [5, 5.41) is -0.141. The van der Waals surface area contributed by atoms with Crippen molar-refractivity contribution in [3.05, 3.63) is 47.5 Å². The Hall–Kier alpha value is -2.61. The van der Waals surface area contributed by atoms with Gasteiger partial charge in [0.05, 0.1) is 0 Å². The van der Waals surface area contributed by atoms with Gasteiger partial charge in [-0.2, -0.15) is 8.42 Å². The van der Waals surface area contributed by atoms with Gasteiger partial charge in [-0.15, -0.1) is 0 Å². The minimum Gasteiger partial charge on any atom is -0.477 e. The molecule has 0 spiro atoms. The summed E-state index contributed by atoms with van der Waals surface area (Å²) >= 11 is 0. The van der Waals surface area contributed by atoms with Crippen molar-refractivity contribution in [3.63, 3.8) is 0 Å². The zero-order valence-corrected chi connectivity index (χ0v) is 23.1. The SMILES string of the molecule is Cc1ccc(C2CCCCC2)c(OC2(C(=O)NS(=O)(=O)c3cccc(N4CCC(C)(C)CC4)n3)CC2)c1. The number of aromatic nitrogens is 1. The highest BCUT2D eigenvalue weighted by atomic mass is 32.2. The molecule has 5 rings (SSSR count). The molecule has 7 nitrogen and oxygen atoms in total. The van der Waals surface area contributed by atoms with Crippen LogP contribution < -0.4 is 14.4 Å². The molecule has 1 N–H and O–H groups in total. The zero-order valence-electron chi connectivity index (χ0n) is 22.3. The molecular formula is C29H39N3O4S. The number of pyridine rings is 1. The number of ether oxygens (including phenoxy) is 1. The van der Waals surface area contributed by atoms with Crippen molar-refractivity contribution in [2.75, 3.05) is 18.0 Å². The van der Waals surface area contributed by atoms with Crippen molar-refractivity contribution in [1.82, 2.24) is 9.71 Å². The number of carbonyl (C=O) groups is 1. The molecule has 1 saturated heterocycles. The number of aryl methyl sites for hydroxylation is 1. The fraction of sp³-hybridized carbons (Fsp3) is 0.586. The molecule has 3 fully saturated rings. The Morgan fingerprint density at radius 1 is 1.03 bits per heavy atom. The summed E-state index contributed by atoms with van der Waals surface area (Å²) in [4.78, 5) is 19.8. The number of hydrogen-bond acceptors (Lipinski definition) is 6. The summed E-state index contributed by atoms with van der Waals surface area (Å²) in [6.45, 7) is 8.15. The average Bonchev–Trinajstić information content (AvgIpc) is 3.65. The lowest BCUT2D eigenvalue weighted by molar-refractivity contribution is -0.128. The smallest absolute Gasteiger partial charge is 0.281 e. The van der Waals surface area contributed by atoms with Crippen molar-refractivity contribution in [2.24, 2.45) is 5.41 Å². The number of piperidine rings is 1. The molecule has 2 saturated carbocycles. The van der Waals surface area contributed by atoms with Gasteiger partial charge < -0.3 is 9.64 Å². The molecule has 2 aliphatic carbocycles. The van der Waals surface area contributed by atoms with Crippen LogP contribution in [0.4, 0.5) is 5.82 Å². The van der Waals surface area contributed by atoms with Gasteiger partial charge in [0.1, 0.15) is 11.6 Å². The summed E-state index contributed by atoms with van der Waals surface area (Å²) < 4.78 is 35.0. The molecule has 1 aliphatic heterocycles. The van der Waals surface area contributed by atoms with Crippen molar-refractivity contribution in [1.29, 1.82) is 0 Å². The molecule has 2 heterocycles. The van der Waals surface area contributed by atoms with Crippen molar-refractivity contribution in [3.8, 4) is 5.75 Å². The molecule has 1 aromatic heterocycles. The molecule has 1 aromatic carbocycles. The maximum Gasteiger partial charge on any atom is 0.281 e. The van der Waals surface area contributed by atoms with Crippen molar-refractivity contribution in [2.45, 2.75) is 95.1 Å². The quantitative estimate of drug-likeness (QED) is 0.515. The van der Waals surface area contributed by atoms with E-state index in [4.69, 9.17) is 4.74 Å². The predicted molar refractivity (Wildman–Crippen MR) is 144 cm³/mol. The van der Waals surface area contributed by atoms with E-state index in [1.807, 2.05) is 19.1 Å². The second-order valence-electron chi connectivity index (χ2n) is 11.9. The Labute approximate surface area is 221 Å². The van der Waals surface area contributed by atoms with Crippen LogP contribution in [0.1, 0.15) is 88.7 Å². The van der Waals surface area contributed by atoms with Gasteiger partial charge in [0.2, 0.25) is 0 Å². The number of hydrogen-bond donors (Lipinski definition) is 1. The highest BCUT2D eigenvalue weighted by Crippen LogP contribution is 2.45. The van der Waals surface area contributed by atoms with Gasteiger partial charge in [-0.05, 0) is 73.3 Å². The topological polar surface area (TPSA) is 88.6 Å². The minimum atomic E-state index is -4.14. The Morgan fingerprint density at radius 3 is 2.41 bits per heavy atom. The molecular weight excluding hydrogens is 486 g/mol. The van der Waals surface area contributed by atoms with Gasteiger partial charge >= 0.3 is 0 Å². The molecule has 200 valence electrons. The number of rotatable bonds is 7. The van der Waals surface area contributed by atoms with E-state index in [1.54, 1.807) is 6.07 Å². The average molecular weight is 526 g/mol. The van der Waals surface area contributed by atoms with E-state index in [0.29, 0.717) is 30.3 Å². The summed E-state index contributed by atoms with van der Waals surface area (Å²) in [5.74, 6) is 1.14. The molecule has 3 aliphatic rings. The zero-order chi connectivity index (χ0) is 26.3. The fourth-order valence-electron chi connectivity index (χ4n) is 5.52. The number of carbonyl (C=O) groups excluding carboxylic acids is 1. The molecule has 0 bridgehead atoms. The van der Waals surface area contributed by atoms with Crippen LogP contribution in [0.5, 0.6) is 5.75 Å². The first kappa shape index (κ1) is 26.0. The first-order valence-corrected chi connectivity index (χ1v) is 15.1. The lowest BCUT2D eigenvalue weighted by Gasteiger charge is -2.37. The van der Waals surface area contributed by atoms with Gasteiger partial charge in [-0.25, -0.2) is 9.71 Å². The van der Waals surface area contributed by atoms with Crippen LogP contribution >= 0.6 is 0 Å². The summed E-state index contributed by atoms with van der Waals surface area (Å²) in [5.41, 5.74) is 1.31. The Morgan fingerprint density at radius 2 is 1.73 bits per heavy atom. The number of nitrogens with zero attached hydrogens (tertiary/aromatic N) is 2. The molecule has 0 unspecified atom stereocenters. The van der Waals surface area contributed by atoms with Crippen LogP contribution in [0.2, 0.25) is 0 Å². The third kappa shape index (κ3) is 5.79. The third-order valence-corrected chi connectivity index (χ3v) is 9.52. The highest BCUT2D eigenvalue weighted by Gasteiger charge is 2.54. The van der Waals surface area contributed by atoms with E-state index in [-0.39, 0.29) is 10.4 Å². The lowest BCUT2D eigenvalue weighted by Crippen LogP contribution is -2.44. The van der Waals surface area contributed by atoms with Gasteiger partial charge in [0.15, 0.2) is 10.6 Å². The number of amides is 1. The van der Waals surface area contributed by atoms with E-state index < -0.39 is 21.5 Å². The molecule has 8 heteroatoms. The number of benzene rings is 1. The first-order chi connectivity index (χ1) is 17.6. The highest BCUT2D eigenvalue weighted by molar-refractivity contribution is 7.90. The van der Waals surface area contributed by atoms with Crippen LogP contribution in [-0.2, 0) is 14.8 Å². The van der Waals surface area contributed by atoms with Gasteiger partial charge in [-0.3, -0.25) is 4.79 Å². The largest absolute Gasteiger partial charge is 0.477 e. The Kier molecular flexibility index (Phi) is 6.98. The maximum absolute atomic E-state index is 13.3. The first-order valence-electron chi connectivity index (χ1n) is 13.7. The third-order valence-electron chi connectivity index (χ3n) is 8.29. The fourth-order valence-corrected chi connectivity index (χ4v) is 6.52. The van der Waals surface area contributed by atoms with Crippen LogP contribution in [0, 0.1) is 12.3 Å². The normalized spacial score (nSPS) is 21.3. The predicted octanol–water partition coefficient (Wildman–Crippen LogP) is 5.48. The van der Waals surface area contributed by atoms with Crippen molar-refractivity contribution < 1.29 is 17.9 Å². The number of sulfonamides is 1. The lowest BCUT2D eigenvalue weighted by atomic mass is 9.83. The summed E-state index contributed by atoms with van der Waals surface area (Å²) in [7, 11) is -4.14. The van der Waals surface area contributed by atoms with E-state index in [9.17, 15) is 13.2 Å². The molecule has 37 heavy (non-hydrogen) atoms. The van der Waals surface area contributed by atoms with E-state index >= 15 is 0 Å². The number of nitrogens with one attached hydrogen (secondary N) is 1. The van der Waals surface area contributed by atoms with E-state index in [2.05, 4.69) is 40.6 Å². The summed E-state index contributed by atoms with van der Waals surface area (Å²) in [6, 6.07) is 11.1. The molecule has 2 aromatic rings. The van der Waals surface area contributed by atoms with Crippen LogP contribution in [-0.4, -0.2) is 38.0 Å². The van der Waals surface area contributed by atoms with Gasteiger partial charge in [0.25, 0.3) is 15.9 Å². The van der Waals surface area contributed by atoms with Gasteiger partial charge in [0, 0.05) is 25.9 Å². The second-order valence-corrected chi connectivity index (χ2v) is 13.5. The van der Waals surface area contributed by atoms with Crippen molar-refractivity contribution >= 4 is 21.7 Å². The minimum absolute atomic E-state index is 0.141. The molecule has 1 amide bonds. The standard InChI is InChI=1S/C29H39N3O4S/c1-21-12-13-23(22-8-5-4-6-9-22)24(20-21)36-29(14-15-29)27(33)31-37(34,35)26-11-7-10-25(30-26)32-18-16-28(2,3)17-19-32/h7,10-13,20,22H,4-6,8-9,14-19H2,1-3H3,(H,31,33). The Bertz CT molecular complexity index is 1250. The molecule has 0 radical (unpaired) electrons. The van der Waals surface area contributed by atoms with Crippen LogP contribution in [0.25, 0.3) is 0 Å². The van der Waals surface area contributed by atoms with Gasteiger partial charge in [-0.1, -0.05) is 51.3 Å². The van der Waals surface area contributed by atoms with E-state index in [0.717, 1.165) is 49.9 Å². The van der Waals surface area contributed by atoms with E-state index in [1.165, 1.54) is 25.3 Å². The maximum atomic E-state index is 13.3. The monoisotopic (exact) mass is 525 g/mol. The number of anilines is 1. The summed E-state index contributed by atoms with van der Waals surface area (Å²) in [6.07, 6.45) is 8.90. The van der Waals surface area contributed by atoms with Crippen LogP contribution in [0.3, 0.4) is 0 Å². The Balaban J connectivity index is 1.31.